The van der Waals surface area contributed by atoms with Gasteiger partial charge in [0.15, 0.2) is 0 Å². The van der Waals surface area contributed by atoms with Crippen LogP contribution in [0.5, 0.6) is 0 Å². The van der Waals surface area contributed by atoms with E-state index in [9.17, 15) is 0 Å². The summed E-state index contributed by atoms with van der Waals surface area (Å²) >= 11 is 0. The first-order chi connectivity index (χ1) is 27.3. The Labute approximate surface area is 316 Å². The van der Waals surface area contributed by atoms with Crippen molar-refractivity contribution in [3.8, 4) is 33.6 Å². The molecule has 9 aromatic carbocycles. The lowest BCUT2D eigenvalue weighted by atomic mass is 9.98. The number of fused-ring (bicyclic) bond motifs is 10. The van der Waals surface area contributed by atoms with Crippen LogP contribution in [0, 0.1) is 0 Å². The Balaban J connectivity index is 1.06. The molecule has 0 bridgehead atoms. The minimum absolute atomic E-state index is 0.911. The van der Waals surface area contributed by atoms with Crippen LogP contribution in [-0.4, -0.2) is 9.13 Å². The molecular weight excluding hydrogens is 669 g/mol. The summed E-state index contributed by atoms with van der Waals surface area (Å²) < 4.78 is 11.3. The number of aromatic nitrogens is 2. The first kappa shape index (κ1) is 30.1. The molecule has 0 aliphatic carbocycles. The van der Waals surface area contributed by atoms with Crippen LogP contribution in [0.4, 0.5) is 0 Å². The maximum absolute atomic E-state index is 6.50. The van der Waals surface area contributed by atoms with E-state index in [1.165, 1.54) is 71.2 Å². The first-order valence-corrected chi connectivity index (χ1v) is 18.8. The van der Waals surface area contributed by atoms with E-state index in [1.54, 1.807) is 0 Å². The molecule has 0 saturated heterocycles. The number of furan rings is 1. The van der Waals surface area contributed by atoms with Crippen LogP contribution < -0.4 is 0 Å². The molecule has 0 radical (unpaired) electrons. The molecule has 0 amide bonds. The quantitative estimate of drug-likeness (QED) is 0.179. The second-order valence-corrected chi connectivity index (χ2v) is 14.5. The molecule has 12 aromatic rings. The molecule has 3 aromatic heterocycles. The molecule has 3 heterocycles. The Morgan fingerprint density at radius 3 is 1.65 bits per heavy atom. The zero-order valence-corrected chi connectivity index (χ0v) is 29.8. The molecule has 0 aliphatic heterocycles. The molecule has 0 atom stereocenters. The Bertz CT molecular complexity index is 3490. The van der Waals surface area contributed by atoms with E-state index >= 15 is 0 Å². The highest BCUT2D eigenvalue weighted by atomic mass is 16.3. The SMILES string of the molecule is c1ccc(-n2c3ccc(-c4ccc5c(c4)c4ccccc4n5-c4ccc5ccccc5c4)cc3c3cc(-c4cccc5c4oc4ccccc45)ccc32)cc1. The topological polar surface area (TPSA) is 23.0 Å². The van der Waals surface area contributed by atoms with Gasteiger partial charge in [-0.05, 0) is 100 Å². The summed E-state index contributed by atoms with van der Waals surface area (Å²) in [5.74, 6) is 0. The van der Waals surface area contributed by atoms with Gasteiger partial charge in [0.2, 0.25) is 0 Å². The lowest BCUT2D eigenvalue weighted by Crippen LogP contribution is -1.94. The van der Waals surface area contributed by atoms with E-state index in [1.807, 2.05) is 6.07 Å². The molecule has 256 valence electrons. The fourth-order valence-electron chi connectivity index (χ4n) is 8.95. The highest BCUT2D eigenvalue weighted by molar-refractivity contribution is 6.15. The highest BCUT2D eigenvalue weighted by Crippen LogP contribution is 2.41. The van der Waals surface area contributed by atoms with Gasteiger partial charge in [-0.1, -0.05) is 121 Å². The first-order valence-electron chi connectivity index (χ1n) is 18.8. The third-order valence-corrected chi connectivity index (χ3v) is 11.5. The Morgan fingerprint density at radius 1 is 0.309 bits per heavy atom. The van der Waals surface area contributed by atoms with Gasteiger partial charge in [-0.2, -0.15) is 0 Å². The van der Waals surface area contributed by atoms with E-state index in [4.69, 9.17) is 4.42 Å². The van der Waals surface area contributed by atoms with Crippen LogP contribution in [0.2, 0.25) is 0 Å². The zero-order valence-electron chi connectivity index (χ0n) is 29.8. The summed E-state index contributed by atoms with van der Waals surface area (Å²) in [5, 5.41) is 9.68. The van der Waals surface area contributed by atoms with Gasteiger partial charge in [0, 0.05) is 49.3 Å². The average Bonchev–Trinajstić information content (AvgIpc) is 3.91. The minimum Gasteiger partial charge on any atom is -0.455 e. The van der Waals surface area contributed by atoms with Gasteiger partial charge < -0.3 is 13.6 Å². The van der Waals surface area contributed by atoms with Crippen LogP contribution >= 0.6 is 0 Å². The van der Waals surface area contributed by atoms with Crippen molar-refractivity contribution in [3.63, 3.8) is 0 Å². The minimum atomic E-state index is 0.911. The van der Waals surface area contributed by atoms with Crippen molar-refractivity contribution in [3.05, 3.63) is 194 Å². The van der Waals surface area contributed by atoms with Crippen LogP contribution in [0.3, 0.4) is 0 Å². The molecular formula is C52H32N2O. The van der Waals surface area contributed by atoms with Gasteiger partial charge in [-0.15, -0.1) is 0 Å². The maximum atomic E-state index is 6.50. The summed E-state index contributed by atoms with van der Waals surface area (Å²) in [7, 11) is 0. The van der Waals surface area contributed by atoms with Crippen LogP contribution in [0.15, 0.2) is 199 Å². The molecule has 0 unspecified atom stereocenters. The van der Waals surface area contributed by atoms with Crippen molar-refractivity contribution in [1.82, 2.24) is 9.13 Å². The second-order valence-electron chi connectivity index (χ2n) is 14.5. The third-order valence-electron chi connectivity index (χ3n) is 11.5. The van der Waals surface area contributed by atoms with Crippen molar-refractivity contribution < 1.29 is 4.42 Å². The summed E-state index contributed by atoms with van der Waals surface area (Å²) in [5.41, 5.74) is 13.5. The Hall–Kier alpha value is -7.36. The Kier molecular flexibility index (Phi) is 6.34. The Morgan fingerprint density at radius 2 is 0.873 bits per heavy atom. The molecule has 0 spiro atoms. The van der Waals surface area contributed by atoms with Gasteiger partial charge in [-0.25, -0.2) is 0 Å². The monoisotopic (exact) mass is 700 g/mol. The standard InChI is InChI=1S/C52H32N2O/c1-2-13-38(14-3-1)53-49-27-23-36(31-45(49)46-32-37(24-28-50(46)53)40-17-10-18-43-42-16-7-9-20-51(42)55-52(40)43)35-22-26-48-44(30-35)41-15-6-8-19-47(41)54(48)39-25-21-33-11-4-5-12-34(33)29-39/h1-32H. The van der Waals surface area contributed by atoms with E-state index in [-0.39, 0.29) is 0 Å². The zero-order chi connectivity index (χ0) is 36.0. The van der Waals surface area contributed by atoms with Crippen molar-refractivity contribution in [1.29, 1.82) is 0 Å². The number of hydrogen-bond donors (Lipinski definition) is 0. The van der Waals surface area contributed by atoms with Gasteiger partial charge in [0.1, 0.15) is 11.2 Å². The van der Waals surface area contributed by atoms with E-state index < -0.39 is 0 Å². The van der Waals surface area contributed by atoms with Gasteiger partial charge in [-0.3, -0.25) is 0 Å². The molecule has 3 nitrogen and oxygen atoms in total. The number of para-hydroxylation sites is 4. The van der Waals surface area contributed by atoms with Gasteiger partial charge in [0.05, 0.1) is 22.1 Å². The van der Waals surface area contributed by atoms with Crippen LogP contribution in [0.25, 0.3) is 110 Å². The maximum Gasteiger partial charge on any atom is 0.143 e. The third kappa shape index (κ3) is 4.50. The molecule has 55 heavy (non-hydrogen) atoms. The number of benzene rings is 9. The molecule has 0 fully saturated rings. The smallest absolute Gasteiger partial charge is 0.143 e. The fourth-order valence-corrected chi connectivity index (χ4v) is 8.95. The van der Waals surface area contributed by atoms with Crippen LogP contribution in [-0.2, 0) is 0 Å². The predicted octanol–water partition coefficient (Wildman–Crippen LogP) is 14.3. The summed E-state index contributed by atoms with van der Waals surface area (Å²) in [4.78, 5) is 0. The van der Waals surface area contributed by atoms with E-state index in [0.29, 0.717) is 0 Å². The van der Waals surface area contributed by atoms with Gasteiger partial charge in [0.25, 0.3) is 0 Å². The lowest BCUT2D eigenvalue weighted by molar-refractivity contribution is 0.670. The van der Waals surface area contributed by atoms with E-state index in [2.05, 4.69) is 197 Å². The summed E-state index contributed by atoms with van der Waals surface area (Å²) in [6, 6.07) is 70.3. The predicted molar refractivity (Wildman–Crippen MR) is 231 cm³/mol. The number of rotatable bonds is 4. The molecule has 12 rings (SSSR count). The second kappa shape index (κ2) is 11.6. The highest BCUT2D eigenvalue weighted by Gasteiger charge is 2.18. The van der Waals surface area contributed by atoms with Crippen molar-refractivity contribution >= 4 is 76.3 Å². The summed E-state index contributed by atoms with van der Waals surface area (Å²) in [6.45, 7) is 0. The summed E-state index contributed by atoms with van der Waals surface area (Å²) in [6.07, 6.45) is 0. The van der Waals surface area contributed by atoms with Crippen molar-refractivity contribution in [2.24, 2.45) is 0 Å². The lowest BCUT2D eigenvalue weighted by Gasteiger charge is -2.10. The molecule has 0 N–H and O–H groups in total. The van der Waals surface area contributed by atoms with Gasteiger partial charge >= 0.3 is 0 Å². The fraction of sp³-hybridized carbons (Fsp3) is 0. The van der Waals surface area contributed by atoms with Crippen molar-refractivity contribution in [2.75, 3.05) is 0 Å². The molecule has 0 saturated carbocycles. The number of nitrogens with zero attached hydrogens (tertiary/aromatic N) is 2. The van der Waals surface area contributed by atoms with E-state index in [0.717, 1.165) is 38.8 Å². The molecule has 3 heteroatoms. The average molecular weight is 701 g/mol. The molecule has 0 aliphatic rings. The normalized spacial score (nSPS) is 12.0. The van der Waals surface area contributed by atoms with Crippen LogP contribution in [0.1, 0.15) is 0 Å². The number of hydrogen-bond acceptors (Lipinski definition) is 1. The van der Waals surface area contributed by atoms with Crippen molar-refractivity contribution in [2.45, 2.75) is 0 Å². The largest absolute Gasteiger partial charge is 0.455 e.